The fraction of sp³-hybridized carbons (Fsp3) is 0.818. The third kappa shape index (κ3) is 3.81. The monoisotopic (exact) mass is 230 g/mol. The molecule has 0 aromatic rings. The number of carbonyl (C=O) groups is 2. The number of methoxy groups -OCH3 is 1. The molecule has 16 heavy (non-hydrogen) atoms. The van der Waals surface area contributed by atoms with Crippen LogP contribution < -0.4 is 11.1 Å². The van der Waals surface area contributed by atoms with Crippen LogP contribution in [-0.4, -0.2) is 30.6 Å². The second-order valence-electron chi connectivity index (χ2n) is 4.49. The quantitative estimate of drug-likeness (QED) is 0.671. The molecule has 94 valence electrons. The average molecular weight is 230 g/mol. The first-order valence-corrected chi connectivity index (χ1v) is 5.44. The molecule has 0 spiro atoms. The van der Waals surface area contributed by atoms with Crippen LogP contribution in [0.25, 0.3) is 0 Å². The smallest absolute Gasteiger partial charge is 0.328 e. The highest BCUT2D eigenvalue weighted by atomic mass is 16.5. The summed E-state index contributed by atoms with van der Waals surface area (Å²) < 4.78 is 4.63. The summed E-state index contributed by atoms with van der Waals surface area (Å²) in [5, 5.41) is 2.62. The van der Waals surface area contributed by atoms with Crippen LogP contribution in [0.2, 0.25) is 0 Å². The van der Waals surface area contributed by atoms with Crippen LogP contribution in [0, 0.1) is 5.92 Å². The highest BCUT2D eigenvalue weighted by Crippen LogP contribution is 2.09. The molecule has 0 aliphatic rings. The molecular weight excluding hydrogens is 208 g/mol. The minimum Gasteiger partial charge on any atom is -0.467 e. The summed E-state index contributed by atoms with van der Waals surface area (Å²) >= 11 is 0. The van der Waals surface area contributed by atoms with Crippen molar-refractivity contribution in [1.29, 1.82) is 0 Å². The maximum Gasteiger partial charge on any atom is 0.328 e. The number of hydrogen-bond acceptors (Lipinski definition) is 4. The summed E-state index contributed by atoms with van der Waals surface area (Å²) in [6, 6.07) is -0.646. The van der Waals surface area contributed by atoms with Gasteiger partial charge < -0.3 is 15.8 Å². The predicted octanol–water partition coefficient (Wildman–Crippen LogP) is 0.428. The molecule has 0 saturated carbocycles. The van der Waals surface area contributed by atoms with Gasteiger partial charge >= 0.3 is 5.97 Å². The van der Waals surface area contributed by atoms with Gasteiger partial charge in [-0.15, -0.1) is 0 Å². The van der Waals surface area contributed by atoms with E-state index in [0.29, 0.717) is 6.42 Å². The van der Waals surface area contributed by atoms with E-state index >= 15 is 0 Å². The van der Waals surface area contributed by atoms with E-state index in [-0.39, 0.29) is 11.8 Å². The summed E-state index contributed by atoms with van der Waals surface area (Å²) in [5.41, 5.74) is 4.83. The number of nitrogens with one attached hydrogen (secondary N) is 1. The van der Waals surface area contributed by atoms with Crippen molar-refractivity contribution in [1.82, 2.24) is 5.32 Å². The number of carbonyl (C=O) groups excluding carboxylic acids is 2. The van der Waals surface area contributed by atoms with Crippen molar-refractivity contribution in [3.05, 3.63) is 0 Å². The number of hydrogen-bond donors (Lipinski definition) is 2. The van der Waals surface area contributed by atoms with Crippen molar-refractivity contribution in [2.24, 2.45) is 11.7 Å². The molecule has 0 saturated heterocycles. The predicted molar refractivity (Wildman–Crippen MR) is 61.7 cm³/mol. The van der Waals surface area contributed by atoms with E-state index in [4.69, 9.17) is 5.73 Å². The number of amides is 1. The number of rotatable bonds is 5. The summed E-state index contributed by atoms with van der Waals surface area (Å²) in [6.45, 7) is 7.13. The molecule has 0 aliphatic carbocycles. The summed E-state index contributed by atoms with van der Waals surface area (Å²) in [7, 11) is 1.30. The zero-order valence-electron chi connectivity index (χ0n) is 10.7. The molecule has 0 fully saturated rings. The molecule has 0 aliphatic heterocycles. The van der Waals surface area contributed by atoms with Crippen molar-refractivity contribution in [3.8, 4) is 0 Å². The highest BCUT2D eigenvalue weighted by Gasteiger charge is 2.32. The Labute approximate surface area is 96.7 Å². The molecule has 0 heterocycles. The van der Waals surface area contributed by atoms with E-state index in [0.717, 1.165) is 0 Å². The lowest BCUT2D eigenvalue weighted by Gasteiger charge is -2.26. The molecule has 0 bridgehead atoms. The topological polar surface area (TPSA) is 81.4 Å². The van der Waals surface area contributed by atoms with Gasteiger partial charge in [0.05, 0.1) is 12.6 Å². The normalized spacial score (nSPS) is 16.4. The van der Waals surface area contributed by atoms with Gasteiger partial charge in [0.25, 0.3) is 0 Å². The lowest BCUT2D eigenvalue weighted by Crippen LogP contribution is -2.56. The fourth-order valence-corrected chi connectivity index (χ4v) is 1.09. The van der Waals surface area contributed by atoms with Crippen molar-refractivity contribution >= 4 is 11.9 Å². The van der Waals surface area contributed by atoms with Crippen LogP contribution in [0.15, 0.2) is 0 Å². The molecule has 0 aromatic heterocycles. The largest absolute Gasteiger partial charge is 0.467 e. The molecular formula is C11H22N2O3. The Morgan fingerprint density at radius 3 is 2.25 bits per heavy atom. The van der Waals surface area contributed by atoms with E-state index in [1.807, 2.05) is 20.8 Å². The zero-order chi connectivity index (χ0) is 12.9. The number of ether oxygens (including phenoxy) is 1. The zero-order valence-corrected chi connectivity index (χ0v) is 10.7. The Morgan fingerprint density at radius 1 is 1.44 bits per heavy atom. The van der Waals surface area contributed by atoms with E-state index in [1.54, 1.807) is 6.92 Å². The minimum absolute atomic E-state index is 0.0379. The van der Waals surface area contributed by atoms with Crippen LogP contribution in [0.5, 0.6) is 0 Å². The standard InChI is InChI=1S/C11H22N2O3/c1-6-11(4,12)10(15)13-8(7(2)3)9(14)16-5/h7-8H,6,12H2,1-5H3,(H,13,15). The lowest BCUT2D eigenvalue weighted by atomic mass is 9.97. The molecule has 2 unspecified atom stereocenters. The number of esters is 1. The van der Waals surface area contributed by atoms with Gasteiger partial charge in [-0.05, 0) is 19.3 Å². The van der Waals surface area contributed by atoms with Crippen molar-refractivity contribution in [2.45, 2.75) is 45.7 Å². The van der Waals surface area contributed by atoms with E-state index in [2.05, 4.69) is 10.1 Å². The van der Waals surface area contributed by atoms with Gasteiger partial charge in [0, 0.05) is 0 Å². The van der Waals surface area contributed by atoms with Crippen LogP contribution in [0.1, 0.15) is 34.1 Å². The first kappa shape index (κ1) is 14.9. The Balaban J connectivity index is 4.65. The van der Waals surface area contributed by atoms with E-state index < -0.39 is 17.6 Å². The second kappa shape index (κ2) is 5.84. The first-order chi connectivity index (χ1) is 7.26. The van der Waals surface area contributed by atoms with Crippen LogP contribution in [0.4, 0.5) is 0 Å². The summed E-state index contributed by atoms with van der Waals surface area (Å²) in [5.74, 6) is -0.821. The summed E-state index contributed by atoms with van der Waals surface area (Å²) in [4.78, 5) is 23.2. The molecule has 1 amide bonds. The third-order valence-electron chi connectivity index (χ3n) is 2.66. The Kier molecular flexibility index (Phi) is 5.44. The summed E-state index contributed by atoms with van der Waals surface area (Å²) in [6.07, 6.45) is 0.505. The van der Waals surface area contributed by atoms with Crippen molar-refractivity contribution < 1.29 is 14.3 Å². The molecule has 0 radical (unpaired) electrons. The SMILES string of the molecule is CCC(C)(N)C(=O)NC(C(=O)OC)C(C)C. The van der Waals surface area contributed by atoms with Gasteiger partial charge in [-0.2, -0.15) is 0 Å². The van der Waals surface area contributed by atoms with Gasteiger partial charge in [0.15, 0.2) is 0 Å². The van der Waals surface area contributed by atoms with Crippen molar-refractivity contribution in [2.75, 3.05) is 7.11 Å². The number of nitrogens with two attached hydrogens (primary N) is 1. The fourth-order valence-electron chi connectivity index (χ4n) is 1.09. The maximum absolute atomic E-state index is 11.8. The highest BCUT2D eigenvalue weighted by molar-refractivity contribution is 5.90. The maximum atomic E-state index is 11.8. The van der Waals surface area contributed by atoms with E-state index in [1.165, 1.54) is 7.11 Å². The molecule has 2 atom stereocenters. The first-order valence-electron chi connectivity index (χ1n) is 5.44. The van der Waals surface area contributed by atoms with Crippen LogP contribution in [-0.2, 0) is 14.3 Å². The van der Waals surface area contributed by atoms with Gasteiger partial charge in [-0.1, -0.05) is 20.8 Å². The van der Waals surface area contributed by atoms with Gasteiger partial charge in [0.1, 0.15) is 6.04 Å². The molecule has 0 rings (SSSR count). The van der Waals surface area contributed by atoms with Crippen LogP contribution in [0.3, 0.4) is 0 Å². The molecule has 0 aromatic carbocycles. The Bertz CT molecular complexity index is 262. The molecule has 5 heteroatoms. The molecule has 3 N–H and O–H groups in total. The molecule has 5 nitrogen and oxygen atoms in total. The Morgan fingerprint density at radius 2 is 1.94 bits per heavy atom. The van der Waals surface area contributed by atoms with Gasteiger partial charge in [-0.25, -0.2) is 4.79 Å². The Hall–Kier alpha value is -1.10. The minimum atomic E-state index is -0.957. The van der Waals surface area contributed by atoms with E-state index in [9.17, 15) is 9.59 Å². The second-order valence-corrected chi connectivity index (χ2v) is 4.49. The van der Waals surface area contributed by atoms with Gasteiger partial charge in [-0.3, -0.25) is 4.79 Å². The lowest BCUT2D eigenvalue weighted by molar-refractivity contribution is -0.147. The van der Waals surface area contributed by atoms with Crippen LogP contribution >= 0.6 is 0 Å². The average Bonchev–Trinajstić information content (AvgIpc) is 2.23. The van der Waals surface area contributed by atoms with Gasteiger partial charge in [0.2, 0.25) is 5.91 Å². The third-order valence-corrected chi connectivity index (χ3v) is 2.66. The van der Waals surface area contributed by atoms with Crippen molar-refractivity contribution in [3.63, 3.8) is 0 Å².